The Balaban J connectivity index is 1.78. The van der Waals surface area contributed by atoms with E-state index in [1.807, 2.05) is 0 Å². The SMILES string of the molecule is O=C(CNC(=O)c1cccc([N+](=O)[O-])c1)NCC(=O)Nc1ccc(F)c(F)c1. The molecule has 2 rings (SSSR count). The van der Waals surface area contributed by atoms with Crippen molar-refractivity contribution in [2.75, 3.05) is 18.4 Å². The van der Waals surface area contributed by atoms with Crippen LogP contribution in [0, 0.1) is 21.7 Å². The molecule has 28 heavy (non-hydrogen) atoms. The largest absolute Gasteiger partial charge is 0.345 e. The molecule has 11 heteroatoms. The summed E-state index contributed by atoms with van der Waals surface area (Å²) < 4.78 is 25.9. The number of nitro benzene ring substituents is 1. The first-order chi connectivity index (χ1) is 13.3. The molecule has 0 heterocycles. The first-order valence-electron chi connectivity index (χ1n) is 7.80. The molecule has 0 atom stereocenters. The van der Waals surface area contributed by atoms with Gasteiger partial charge in [-0.1, -0.05) is 6.07 Å². The van der Waals surface area contributed by atoms with E-state index in [9.17, 15) is 33.3 Å². The summed E-state index contributed by atoms with van der Waals surface area (Å²) in [6, 6.07) is 7.72. The average molecular weight is 392 g/mol. The summed E-state index contributed by atoms with van der Waals surface area (Å²) in [4.78, 5) is 45.3. The van der Waals surface area contributed by atoms with Crippen molar-refractivity contribution in [2.24, 2.45) is 0 Å². The van der Waals surface area contributed by atoms with Gasteiger partial charge in [0.2, 0.25) is 11.8 Å². The zero-order chi connectivity index (χ0) is 20.7. The van der Waals surface area contributed by atoms with E-state index < -0.39 is 47.4 Å². The number of rotatable bonds is 7. The third-order valence-electron chi connectivity index (χ3n) is 3.38. The summed E-state index contributed by atoms with van der Waals surface area (Å²) in [6.07, 6.45) is 0. The molecule has 146 valence electrons. The molecule has 2 aromatic carbocycles. The maximum absolute atomic E-state index is 13.1. The monoisotopic (exact) mass is 392 g/mol. The fourth-order valence-electron chi connectivity index (χ4n) is 2.04. The number of hydrogen-bond acceptors (Lipinski definition) is 5. The van der Waals surface area contributed by atoms with Gasteiger partial charge in [0.05, 0.1) is 18.0 Å². The van der Waals surface area contributed by atoms with E-state index in [4.69, 9.17) is 0 Å². The highest BCUT2D eigenvalue weighted by Gasteiger charge is 2.13. The van der Waals surface area contributed by atoms with Gasteiger partial charge in [0, 0.05) is 29.4 Å². The van der Waals surface area contributed by atoms with Crippen molar-refractivity contribution in [3.8, 4) is 0 Å². The molecule has 0 saturated heterocycles. The number of nitrogens with zero attached hydrogens (tertiary/aromatic N) is 1. The molecule has 3 N–H and O–H groups in total. The van der Waals surface area contributed by atoms with Crippen LogP contribution in [0.5, 0.6) is 0 Å². The molecule has 9 nitrogen and oxygen atoms in total. The molecule has 0 aromatic heterocycles. The summed E-state index contributed by atoms with van der Waals surface area (Å²) >= 11 is 0. The standard InChI is InChI=1S/C17H14F2N4O5/c18-13-5-4-11(7-14(13)19)22-16(25)9-20-15(24)8-21-17(26)10-2-1-3-12(6-10)23(27)28/h1-7H,8-9H2,(H,20,24)(H,21,26)(H,22,25). The number of benzene rings is 2. The van der Waals surface area contributed by atoms with Crippen LogP contribution >= 0.6 is 0 Å². The van der Waals surface area contributed by atoms with E-state index in [0.29, 0.717) is 0 Å². The predicted octanol–water partition coefficient (Wildman–Crippen LogP) is 1.36. The van der Waals surface area contributed by atoms with Crippen molar-refractivity contribution in [1.29, 1.82) is 0 Å². The number of non-ortho nitro benzene ring substituents is 1. The third kappa shape index (κ3) is 5.83. The van der Waals surface area contributed by atoms with E-state index in [-0.39, 0.29) is 16.9 Å². The van der Waals surface area contributed by atoms with Gasteiger partial charge in [-0.3, -0.25) is 24.5 Å². The lowest BCUT2D eigenvalue weighted by Gasteiger charge is -2.08. The molecule has 0 bridgehead atoms. The Labute approximate surface area is 156 Å². The Morgan fingerprint density at radius 3 is 2.32 bits per heavy atom. The molecular formula is C17H14F2N4O5. The molecular weight excluding hydrogens is 378 g/mol. The second-order valence-corrected chi connectivity index (χ2v) is 5.44. The number of halogens is 2. The molecule has 3 amide bonds. The summed E-state index contributed by atoms with van der Waals surface area (Å²) in [5.74, 6) is -4.29. The van der Waals surface area contributed by atoms with Gasteiger partial charge in [-0.05, 0) is 18.2 Å². The first kappa shape index (κ1) is 20.4. The Kier molecular flexibility index (Phi) is 6.68. The van der Waals surface area contributed by atoms with Crippen LogP contribution in [0.25, 0.3) is 0 Å². The second-order valence-electron chi connectivity index (χ2n) is 5.44. The quantitative estimate of drug-likeness (QED) is 0.484. The Hall–Kier alpha value is -3.89. The van der Waals surface area contributed by atoms with Crippen LogP contribution in [0.1, 0.15) is 10.4 Å². The molecule has 0 radical (unpaired) electrons. The van der Waals surface area contributed by atoms with E-state index in [0.717, 1.165) is 24.3 Å². The lowest BCUT2D eigenvalue weighted by atomic mass is 10.2. The van der Waals surface area contributed by atoms with Gasteiger partial charge in [-0.25, -0.2) is 8.78 Å². The Morgan fingerprint density at radius 1 is 0.929 bits per heavy atom. The minimum atomic E-state index is -1.13. The minimum Gasteiger partial charge on any atom is -0.345 e. The van der Waals surface area contributed by atoms with Gasteiger partial charge in [0.15, 0.2) is 11.6 Å². The number of anilines is 1. The number of carbonyl (C=O) groups is 3. The number of nitrogens with one attached hydrogen (secondary N) is 3. The highest BCUT2D eigenvalue weighted by molar-refractivity contribution is 5.98. The van der Waals surface area contributed by atoms with Crippen molar-refractivity contribution >= 4 is 29.1 Å². The Morgan fingerprint density at radius 2 is 1.64 bits per heavy atom. The van der Waals surface area contributed by atoms with Gasteiger partial charge in [0.1, 0.15) is 0 Å². The van der Waals surface area contributed by atoms with Gasteiger partial charge in [0.25, 0.3) is 11.6 Å². The van der Waals surface area contributed by atoms with E-state index in [2.05, 4.69) is 16.0 Å². The van der Waals surface area contributed by atoms with Gasteiger partial charge >= 0.3 is 0 Å². The lowest BCUT2D eigenvalue weighted by molar-refractivity contribution is -0.384. The molecule has 0 aliphatic heterocycles. The van der Waals surface area contributed by atoms with E-state index in [1.165, 1.54) is 18.2 Å². The van der Waals surface area contributed by atoms with Crippen LogP contribution < -0.4 is 16.0 Å². The lowest BCUT2D eigenvalue weighted by Crippen LogP contribution is -2.40. The van der Waals surface area contributed by atoms with Crippen molar-refractivity contribution in [3.63, 3.8) is 0 Å². The van der Waals surface area contributed by atoms with Crippen LogP contribution in [0.15, 0.2) is 42.5 Å². The van der Waals surface area contributed by atoms with Crippen molar-refractivity contribution in [3.05, 3.63) is 69.8 Å². The fourth-order valence-corrected chi connectivity index (χ4v) is 2.04. The number of hydrogen-bond donors (Lipinski definition) is 3. The molecule has 2 aromatic rings. The number of amides is 3. The maximum atomic E-state index is 13.1. The smallest absolute Gasteiger partial charge is 0.270 e. The number of nitro groups is 1. The summed E-state index contributed by atoms with van der Waals surface area (Å²) in [5.41, 5.74) is -0.263. The van der Waals surface area contributed by atoms with Crippen molar-refractivity contribution in [1.82, 2.24) is 10.6 Å². The highest BCUT2D eigenvalue weighted by Crippen LogP contribution is 2.13. The van der Waals surface area contributed by atoms with Crippen LogP contribution in [0.2, 0.25) is 0 Å². The second kappa shape index (κ2) is 9.16. The Bertz CT molecular complexity index is 936. The van der Waals surface area contributed by atoms with Crippen molar-refractivity contribution < 1.29 is 28.1 Å². The van der Waals surface area contributed by atoms with E-state index >= 15 is 0 Å². The summed E-state index contributed by atoms with van der Waals surface area (Å²) in [5, 5.41) is 17.4. The van der Waals surface area contributed by atoms with Crippen molar-refractivity contribution in [2.45, 2.75) is 0 Å². The molecule has 0 fully saturated rings. The molecule has 0 saturated carbocycles. The topological polar surface area (TPSA) is 130 Å². The predicted molar refractivity (Wildman–Crippen MR) is 93.4 cm³/mol. The van der Waals surface area contributed by atoms with Crippen LogP contribution in [-0.4, -0.2) is 35.7 Å². The van der Waals surface area contributed by atoms with Gasteiger partial charge in [-0.15, -0.1) is 0 Å². The zero-order valence-electron chi connectivity index (χ0n) is 14.2. The average Bonchev–Trinajstić information content (AvgIpc) is 2.67. The normalized spacial score (nSPS) is 10.1. The molecule has 0 aliphatic carbocycles. The van der Waals surface area contributed by atoms with Gasteiger partial charge in [-0.2, -0.15) is 0 Å². The molecule has 0 aliphatic rings. The summed E-state index contributed by atoms with van der Waals surface area (Å²) in [7, 11) is 0. The van der Waals surface area contributed by atoms with Crippen LogP contribution in [0.3, 0.4) is 0 Å². The molecule has 0 spiro atoms. The van der Waals surface area contributed by atoms with Gasteiger partial charge < -0.3 is 16.0 Å². The third-order valence-corrected chi connectivity index (χ3v) is 3.38. The number of carbonyl (C=O) groups excluding carboxylic acids is 3. The maximum Gasteiger partial charge on any atom is 0.270 e. The minimum absolute atomic E-state index is 0.00178. The fraction of sp³-hybridized carbons (Fsp3) is 0.118. The molecule has 0 unspecified atom stereocenters. The zero-order valence-corrected chi connectivity index (χ0v) is 14.2. The summed E-state index contributed by atoms with van der Waals surface area (Å²) in [6.45, 7) is -0.940. The van der Waals surface area contributed by atoms with Crippen LogP contribution in [0.4, 0.5) is 20.2 Å². The van der Waals surface area contributed by atoms with E-state index in [1.54, 1.807) is 0 Å². The first-order valence-corrected chi connectivity index (χ1v) is 7.80. The highest BCUT2D eigenvalue weighted by atomic mass is 19.2. The van der Waals surface area contributed by atoms with Crippen LogP contribution in [-0.2, 0) is 9.59 Å².